The van der Waals surface area contributed by atoms with Gasteiger partial charge in [-0.15, -0.1) is 5.10 Å². The molecule has 0 spiro atoms. The molecular weight excluding hydrogens is 372 g/mol. The van der Waals surface area contributed by atoms with Crippen molar-refractivity contribution in [3.63, 3.8) is 0 Å². The standard InChI is InChI=1S/C18H17BrN2O3/c1-12-5-3-4-6-16(12)23-11-17-20-21(13(2)22)18(24-17)14-7-9-15(19)10-8-14/h3-10,18H,11H2,1-2H3/t18-/m1/s1. The average molecular weight is 389 g/mol. The Morgan fingerprint density at radius 2 is 1.96 bits per heavy atom. The predicted molar refractivity (Wildman–Crippen MR) is 94.6 cm³/mol. The van der Waals surface area contributed by atoms with Crippen molar-refractivity contribution in [2.45, 2.75) is 20.1 Å². The van der Waals surface area contributed by atoms with Gasteiger partial charge < -0.3 is 9.47 Å². The first kappa shape index (κ1) is 16.5. The zero-order valence-corrected chi connectivity index (χ0v) is 15.0. The molecule has 0 saturated heterocycles. The van der Waals surface area contributed by atoms with Gasteiger partial charge in [-0.1, -0.05) is 46.3 Å². The molecule has 1 heterocycles. The summed E-state index contributed by atoms with van der Waals surface area (Å²) in [6.07, 6.45) is -0.564. The van der Waals surface area contributed by atoms with Crippen LogP contribution in [0, 0.1) is 6.92 Å². The lowest BCUT2D eigenvalue weighted by Crippen LogP contribution is -2.25. The second-order valence-corrected chi connectivity index (χ2v) is 6.35. The third kappa shape index (κ3) is 3.59. The van der Waals surface area contributed by atoms with Crippen molar-refractivity contribution in [2.75, 3.05) is 6.61 Å². The number of aryl methyl sites for hydroxylation is 1. The Morgan fingerprint density at radius 1 is 1.25 bits per heavy atom. The van der Waals surface area contributed by atoms with Crippen molar-refractivity contribution in [2.24, 2.45) is 5.10 Å². The van der Waals surface area contributed by atoms with E-state index in [2.05, 4.69) is 21.0 Å². The van der Waals surface area contributed by atoms with Crippen molar-refractivity contribution in [1.82, 2.24) is 5.01 Å². The van der Waals surface area contributed by atoms with Crippen LogP contribution in [0.25, 0.3) is 0 Å². The highest BCUT2D eigenvalue weighted by Crippen LogP contribution is 2.29. The van der Waals surface area contributed by atoms with Crippen LogP contribution in [0.4, 0.5) is 0 Å². The molecule has 1 aliphatic rings. The van der Waals surface area contributed by atoms with Gasteiger partial charge in [0, 0.05) is 17.0 Å². The number of rotatable bonds is 4. The summed E-state index contributed by atoms with van der Waals surface area (Å²) in [6, 6.07) is 15.3. The summed E-state index contributed by atoms with van der Waals surface area (Å²) in [6.45, 7) is 3.60. The molecule has 0 aliphatic carbocycles. The summed E-state index contributed by atoms with van der Waals surface area (Å²) < 4.78 is 12.5. The molecule has 2 aromatic carbocycles. The quantitative estimate of drug-likeness (QED) is 0.794. The zero-order valence-electron chi connectivity index (χ0n) is 13.4. The first-order valence-corrected chi connectivity index (χ1v) is 8.32. The normalized spacial score (nSPS) is 16.5. The Balaban J connectivity index is 1.73. The number of hydrazone groups is 1. The third-order valence-electron chi connectivity index (χ3n) is 3.61. The van der Waals surface area contributed by atoms with Crippen molar-refractivity contribution in [3.05, 3.63) is 64.1 Å². The summed E-state index contributed by atoms with van der Waals surface area (Å²) in [5.74, 6) is 0.959. The molecule has 0 saturated carbocycles. The number of para-hydroxylation sites is 1. The SMILES string of the molecule is CC(=O)N1N=C(COc2ccccc2C)O[C@@H]1c1ccc(Br)cc1. The third-order valence-corrected chi connectivity index (χ3v) is 4.14. The van der Waals surface area contributed by atoms with Crippen LogP contribution in [0.5, 0.6) is 5.75 Å². The fourth-order valence-corrected chi connectivity index (χ4v) is 2.63. The van der Waals surface area contributed by atoms with Crippen LogP contribution in [0.1, 0.15) is 24.3 Å². The number of benzene rings is 2. The number of halogens is 1. The van der Waals surface area contributed by atoms with Crippen molar-refractivity contribution in [3.8, 4) is 5.75 Å². The van der Waals surface area contributed by atoms with Crippen LogP contribution in [0.3, 0.4) is 0 Å². The van der Waals surface area contributed by atoms with E-state index in [0.717, 1.165) is 21.3 Å². The van der Waals surface area contributed by atoms with Gasteiger partial charge in [0.05, 0.1) is 0 Å². The Labute approximate surface area is 149 Å². The van der Waals surface area contributed by atoms with Gasteiger partial charge in [-0.25, -0.2) is 0 Å². The lowest BCUT2D eigenvalue weighted by Gasteiger charge is -2.19. The fourth-order valence-electron chi connectivity index (χ4n) is 2.37. The summed E-state index contributed by atoms with van der Waals surface area (Å²) in [7, 11) is 0. The minimum Gasteiger partial charge on any atom is -0.484 e. The monoisotopic (exact) mass is 388 g/mol. The van der Waals surface area contributed by atoms with Crippen LogP contribution >= 0.6 is 15.9 Å². The summed E-state index contributed by atoms with van der Waals surface area (Å²) in [5, 5.41) is 5.59. The number of hydrogen-bond donors (Lipinski definition) is 0. The topological polar surface area (TPSA) is 51.1 Å². The Hall–Kier alpha value is -2.34. The second kappa shape index (κ2) is 7.05. The number of carbonyl (C=O) groups excluding carboxylic acids is 1. The van der Waals surface area contributed by atoms with Crippen molar-refractivity contribution in [1.29, 1.82) is 0 Å². The summed E-state index contributed by atoms with van der Waals surface area (Å²) >= 11 is 3.40. The van der Waals surface area contributed by atoms with Crippen LogP contribution in [0.2, 0.25) is 0 Å². The lowest BCUT2D eigenvalue weighted by atomic mass is 10.2. The highest BCUT2D eigenvalue weighted by molar-refractivity contribution is 9.10. The molecule has 24 heavy (non-hydrogen) atoms. The number of ether oxygens (including phenoxy) is 2. The van der Waals surface area contributed by atoms with E-state index in [4.69, 9.17) is 9.47 Å². The molecule has 0 N–H and O–H groups in total. The molecule has 1 aliphatic heterocycles. The van der Waals surface area contributed by atoms with Crippen LogP contribution < -0.4 is 4.74 Å². The highest BCUT2D eigenvalue weighted by atomic mass is 79.9. The molecule has 1 amide bonds. The molecule has 6 heteroatoms. The highest BCUT2D eigenvalue weighted by Gasteiger charge is 2.32. The second-order valence-electron chi connectivity index (χ2n) is 5.43. The largest absolute Gasteiger partial charge is 0.484 e. The Bertz CT molecular complexity index is 774. The Morgan fingerprint density at radius 3 is 2.62 bits per heavy atom. The molecule has 5 nitrogen and oxygen atoms in total. The van der Waals surface area contributed by atoms with E-state index in [1.807, 2.05) is 55.5 Å². The Kier molecular flexibility index (Phi) is 4.85. The van der Waals surface area contributed by atoms with E-state index >= 15 is 0 Å². The average Bonchev–Trinajstić information content (AvgIpc) is 2.99. The zero-order chi connectivity index (χ0) is 17.1. The maximum absolute atomic E-state index is 11.9. The molecule has 1 atom stereocenters. The van der Waals surface area contributed by atoms with Gasteiger partial charge >= 0.3 is 0 Å². The van der Waals surface area contributed by atoms with Gasteiger partial charge in [-0.3, -0.25) is 4.79 Å². The number of hydrogen-bond acceptors (Lipinski definition) is 4. The smallest absolute Gasteiger partial charge is 0.247 e. The minimum atomic E-state index is -0.564. The van der Waals surface area contributed by atoms with Crippen molar-refractivity contribution >= 4 is 27.7 Å². The summed E-state index contributed by atoms with van der Waals surface area (Å²) in [5.41, 5.74) is 1.88. The van der Waals surface area contributed by atoms with E-state index in [0.29, 0.717) is 5.90 Å². The van der Waals surface area contributed by atoms with Crippen LogP contribution in [-0.2, 0) is 9.53 Å². The number of amides is 1. The van der Waals surface area contributed by atoms with E-state index < -0.39 is 6.23 Å². The predicted octanol–water partition coefficient (Wildman–Crippen LogP) is 4.03. The van der Waals surface area contributed by atoms with Gasteiger partial charge in [0.25, 0.3) is 0 Å². The summed E-state index contributed by atoms with van der Waals surface area (Å²) in [4.78, 5) is 11.9. The molecule has 0 radical (unpaired) electrons. The van der Waals surface area contributed by atoms with Crippen LogP contribution in [-0.4, -0.2) is 23.4 Å². The number of carbonyl (C=O) groups is 1. The lowest BCUT2D eigenvalue weighted by molar-refractivity contribution is -0.135. The minimum absolute atomic E-state index is 0.168. The first-order chi connectivity index (χ1) is 11.5. The van der Waals surface area contributed by atoms with Gasteiger partial charge in [0.1, 0.15) is 5.75 Å². The fraction of sp³-hybridized carbons (Fsp3) is 0.222. The van der Waals surface area contributed by atoms with Gasteiger partial charge in [-0.2, -0.15) is 5.01 Å². The maximum atomic E-state index is 11.9. The molecule has 0 fully saturated rings. The van der Waals surface area contributed by atoms with E-state index in [9.17, 15) is 4.79 Å². The van der Waals surface area contributed by atoms with Crippen molar-refractivity contribution < 1.29 is 14.3 Å². The van der Waals surface area contributed by atoms with E-state index in [-0.39, 0.29) is 12.5 Å². The van der Waals surface area contributed by atoms with E-state index in [1.54, 1.807) is 0 Å². The maximum Gasteiger partial charge on any atom is 0.247 e. The molecule has 0 bridgehead atoms. The molecule has 3 rings (SSSR count). The van der Waals surface area contributed by atoms with E-state index in [1.165, 1.54) is 11.9 Å². The molecule has 124 valence electrons. The molecule has 0 aromatic heterocycles. The number of nitrogens with zero attached hydrogens (tertiary/aromatic N) is 2. The van der Waals surface area contributed by atoms with Gasteiger partial charge in [0.15, 0.2) is 6.61 Å². The molecular formula is C18H17BrN2O3. The molecule has 2 aromatic rings. The van der Waals surface area contributed by atoms with Gasteiger partial charge in [0.2, 0.25) is 18.0 Å². The molecule has 0 unspecified atom stereocenters. The van der Waals surface area contributed by atoms with Crippen LogP contribution in [0.15, 0.2) is 58.1 Å². The van der Waals surface area contributed by atoms with Gasteiger partial charge in [-0.05, 0) is 30.7 Å². The first-order valence-electron chi connectivity index (χ1n) is 7.52.